The summed E-state index contributed by atoms with van der Waals surface area (Å²) in [5, 5.41) is 3.67. The Kier molecular flexibility index (Phi) is 4.34. The van der Waals surface area contributed by atoms with Crippen LogP contribution in [0.3, 0.4) is 0 Å². The predicted octanol–water partition coefficient (Wildman–Crippen LogP) is 3.82. The van der Waals surface area contributed by atoms with Gasteiger partial charge in [0.05, 0.1) is 6.61 Å². The third-order valence-corrected chi connectivity index (χ3v) is 3.58. The van der Waals surface area contributed by atoms with E-state index >= 15 is 0 Å². The van der Waals surface area contributed by atoms with Crippen LogP contribution in [0.15, 0.2) is 18.2 Å². The molecule has 1 aromatic carbocycles. The van der Waals surface area contributed by atoms with E-state index < -0.39 is 5.97 Å². The second kappa shape index (κ2) is 6.00. The monoisotopic (exact) mass is 294 g/mol. The summed E-state index contributed by atoms with van der Waals surface area (Å²) in [7, 11) is 0. The molecule has 106 valence electrons. The van der Waals surface area contributed by atoms with Crippen LogP contribution >= 0.6 is 11.3 Å². The summed E-state index contributed by atoms with van der Waals surface area (Å²) in [4.78, 5) is 16.7. The van der Waals surface area contributed by atoms with Crippen molar-refractivity contribution in [1.82, 2.24) is 4.98 Å². The molecule has 0 aliphatic rings. The van der Waals surface area contributed by atoms with E-state index in [9.17, 15) is 9.18 Å². The second-order valence-corrected chi connectivity index (χ2v) is 5.43. The highest BCUT2D eigenvalue weighted by Crippen LogP contribution is 2.27. The van der Waals surface area contributed by atoms with E-state index in [2.05, 4.69) is 10.3 Å². The number of esters is 1. The zero-order valence-corrected chi connectivity index (χ0v) is 12.3. The summed E-state index contributed by atoms with van der Waals surface area (Å²) in [5.74, 6) is -0.708. The number of thiazole rings is 1. The molecular weight excluding hydrogens is 279 g/mol. The number of halogens is 1. The zero-order valence-electron chi connectivity index (χ0n) is 11.5. The van der Waals surface area contributed by atoms with Crippen LogP contribution in [-0.2, 0) is 4.74 Å². The minimum Gasteiger partial charge on any atom is -0.461 e. The third kappa shape index (κ3) is 3.14. The molecule has 0 aliphatic heterocycles. The Morgan fingerprint density at radius 2 is 2.20 bits per heavy atom. The molecule has 0 amide bonds. The van der Waals surface area contributed by atoms with Crippen molar-refractivity contribution < 1.29 is 13.9 Å². The summed E-state index contributed by atoms with van der Waals surface area (Å²) >= 11 is 1.36. The van der Waals surface area contributed by atoms with Gasteiger partial charge in [-0.2, -0.15) is 0 Å². The second-order valence-electron chi connectivity index (χ2n) is 4.23. The van der Waals surface area contributed by atoms with Gasteiger partial charge in [-0.25, -0.2) is 14.2 Å². The Morgan fingerprint density at radius 1 is 1.45 bits per heavy atom. The molecule has 20 heavy (non-hydrogen) atoms. The Hall–Kier alpha value is -1.95. The Balaban J connectivity index is 2.22. The van der Waals surface area contributed by atoms with Crippen molar-refractivity contribution in [2.75, 3.05) is 11.9 Å². The van der Waals surface area contributed by atoms with E-state index in [0.29, 0.717) is 17.4 Å². The maximum Gasteiger partial charge on any atom is 0.358 e. The van der Waals surface area contributed by atoms with Crippen LogP contribution in [0.25, 0.3) is 0 Å². The van der Waals surface area contributed by atoms with Gasteiger partial charge in [0.1, 0.15) is 5.82 Å². The number of anilines is 2. The average molecular weight is 294 g/mol. The number of nitrogens with one attached hydrogen (secondary N) is 1. The SMILES string of the molecule is CCOC(=O)c1nc(Nc2ccc(F)cc2C)sc1C. The van der Waals surface area contributed by atoms with Gasteiger partial charge in [-0.1, -0.05) is 0 Å². The number of aryl methyl sites for hydroxylation is 2. The molecule has 1 N–H and O–H groups in total. The quantitative estimate of drug-likeness (QED) is 0.871. The molecule has 2 rings (SSSR count). The molecule has 0 saturated carbocycles. The van der Waals surface area contributed by atoms with E-state index in [0.717, 1.165) is 16.1 Å². The Morgan fingerprint density at radius 3 is 2.85 bits per heavy atom. The number of benzene rings is 1. The number of nitrogens with zero attached hydrogens (tertiary/aromatic N) is 1. The smallest absolute Gasteiger partial charge is 0.358 e. The largest absolute Gasteiger partial charge is 0.461 e. The maximum absolute atomic E-state index is 13.0. The lowest BCUT2D eigenvalue weighted by molar-refractivity contribution is 0.0519. The van der Waals surface area contributed by atoms with Crippen molar-refractivity contribution in [2.45, 2.75) is 20.8 Å². The standard InChI is InChI=1S/C14H15FN2O2S/c1-4-19-13(18)12-9(3)20-14(17-12)16-11-6-5-10(15)7-8(11)2/h5-7H,4H2,1-3H3,(H,16,17). The first-order valence-corrected chi connectivity index (χ1v) is 7.00. The van der Waals surface area contributed by atoms with Crippen LogP contribution in [0.4, 0.5) is 15.2 Å². The summed E-state index contributed by atoms with van der Waals surface area (Å²) in [6.45, 7) is 5.68. The molecule has 0 unspecified atom stereocenters. The summed E-state index contributed by atoms with van der Waals surface area (Å²) in [5.41, 5.74) is 1.85. The van der Waals surface area contributed by atoms with Crippen molar-refractivity contribution in [3.63, 3.8) is 0 Å². The Bertz CT molecular complexity index is 640. The van der Waals surface area contributed by atoms with Crippen LogP contribution in [0.5, 0.6) is 0 Å². The van der Waals surface area contributed by atoms with Crippen LogP contribution in [-0.4, -0.2) is 17.6 Å². The lowest BCUT2D eigenvalue weighted by Crippen LogP contribution is -2.06. The fourth-order valence-corrected chi connectivity index (χ4v) is 2.53. The molecule has 1 heterocycles. The lowest BCUT2D eigenvalue weighted by Gasteiger charge is -2.06. The number of ether oxygens (including phenoxy) is 1. The normalized spacial score (nSPS) is 10.4. The molecule has 0 bridgehead atoms. The van der Waals surface area contributed by atoms with Crippen molar-refractivity contribution >= 4 is 28.1 Å². The molecule has 0 atom stereocenters. The molecule has 6 heteroatoms. The number of hydrogen-bond acceptors (Lipinski definition) is 5. The highest BCUT2D eigenvalue weighted by atomic mass is 32.1. The van der Waals surface area contributed by atoms with Crippen molar-refractivity contribution in [3.05, 3.63) is 40.2 Å². The number of hydrogen-bond donors (Lipinski definition) is 1. The van der Waals surface area contributed by atoms with Gasteiger partial charge in [0, 0.05) is 10.6 Å². The van der Waals surface area contributed by atoms with Gasteiger partial charge in [-0.3, -0.25) is 0 Å². The molecule has 0 spiro atoms. The predicted molar refractivity (Wildman–Crippen MR) is 77.2 cm³/mol. The van der Waals surface area contributed by atoms with Crippen molar-refractivity contribution in [1.29, 1.82) is 0 Å². The third-order valence-electron chi connectivity index (χ3n) is 2.70. The number of carbonyl (C=O) groups is 1. The van der Waals surface area contributed by atoms with Gasteiger partial charge in [0.2, 0.25) is 0 Å². The summed E-state index contributed by atoms with van der Waals surface area (Å²) in [6.07, 6.45) is 0. The molecule has 0 radical (unpaired) electrons. The molecule has 0 fully saturated rings. The van der Waals surface area contributed by atoms with Gasteiger partial charge < -0.3 is 10.1 Å². The van der Waals surface area contributed by atoms with E-state index in [4.69, 9.17) is 4.74 Å². The highest BCUT2D eigenvalue weighted by molar-refractivity contribution is 7.15. The fourth-order valence-electron chi connectivity index (χ4n) is 1.72. The summed E-state index contributed by atoms with van der Waals surface area (Å²) in [6, 6.07) is 4.46. The van der Waals surface area contributed by atoms with Gasteiger partial charge >= 0.3 is 5.97 Å². The average Bonchev–Trinajstić information content (AvgIpc) is 2.74. The number of carbonyl (C=O) groups excluding carboxylic acids is 1. The van der Waals surface area contributed by atoms with E-state index in [1.165, 1.54) is 23.5 Å². The lowest BCUT2D eigenvalue weighted by atomic mass is 10.2. The first-order valence-electron chi connectivity index (χ1n) is 6.19. The maximum atomic E-state index is 13.0. The molecule has 1 aromatic heterocycles. The first kappa shape index (κ1) is 14.5. The van der Waals surface area contributed by atoms with Gasteiger partial charge in [-0.15, -0.1) is 11.3 Å². The minimum absolute atomic E-state index is 0.282. The zero-order chi connectivity index (χ0) is 14.7. The first-order chi connectivity index (χ1) is 9.51. The van der Waals surface area contributed by atoms with E-state index in [-0.39, 0.29) is 5.82 Å². The van der Waals surface area contributed by atoms with Crippen LogP contribution in [0, 0.1) is 19.7 Å². The minimum atomic E-state index is -0.426. The summed E-state index contributed by atoms with van der Waals surface area (Å²) < 4.78 is 18.0. The van der Waals surface area contributed by atoms with Crippen LogP contribution < -0.4 is 5.32 Å². The number of aromatic nitrogens is 1. The Labute approximate surface area is 120 Å². The molecular formula is C14H15FN2O2S. The number of rotatable bonds is 4. The van der Waals surface area contributed by atoms with Crippen LogP contribution in [0.1, 0.15) is 27.9 Å². The van der Waals surface area contributed by atoms with Crippen molar-refractivity contribution in [2.24, 2.45) is 0 Å². The van der Waals surface area contributed by atoms with Gasteiger partial charge in [0.15, 0.2) is 10.8 Å². The van der Waals surface area contributed by atoms with E-state index in [1.54, 1.807) is 19.9 Å². The molecule has 0 saturated heterocycles. The van der Waals surface area contributed by atoms with E-state index in [1.807, 2.05) is 6.92 Å². The highest BCUT2D eigenvalue weighted by Gasteiger charge is 2.16. The van der Waals surface area contributed by atoms with Gasteiger partial charge in [-0.05, 0) is 44.5 Å². The van der Waals surface area contributed by atoms with Gasteiger partial charge in [0.25, 0.3) is 0 Å². The molecule has 4 nitrogen and oxygen atoms in total. The fraction of sp³-hybridized carbons (Fsp3) is 0.286. The molecule has 2 aromatic rings. The molecule has 0 aliphatic carbocycles. The van der Waals surface area contributed by atoms with Crippen LogP contribution in [0.2, 0.25) is 0 Å². The topological polar surface area (TPSA) is 51.2 Å². The van der Waals surface area contributed by atoms with Crippen molar-refractivity contribution in [3.8, 4) is 0 Å².